The molecule has 1 aliphatic heterocycles. The van der Waals surface area contributed by atoms with E-state index < -0.39 is 6.10 Å². The lowest BCUT2D eigenvalue weighted by Crippen LogP contribution is -2.38. The number of benzene rings is 1. The number of carbonyl (C=O) groups is 1. The van der Waals surface area contributed by atoms with Crippen molar-refractivity contribution in [2.75, 3.05) is 6.54 Å². The Morgan fingerprint density at radius 3 is 3.00 bits per heavy atom. The van der Waals surface area contributed by atoms with Crippen LogP contribution in [-0.2, 0) is 24.3 Å². The molecule has 1 amide bonds. The van der Waals surface area contributed by atoms with Crippen molar-refractivity contribution in [2.45, 2.75) is 39.0 Å². The molecule has 3 aromatic rings. The van der Waals surface area contributed by atoms with E-state index in [9.17, 15) is 9.90 Å². The first-order chi connectivity index (χ1) is 12.1. The molecule has 25 heavy (non-hydrogen) atoms. The molecule has 0 radical (unpaired) electrons. The second-order valence-corrected chi connectivity index (χ2v) is 7.47. The number of aromatic nitrogens is 3. The maximum atomic E-state index is 12.6. The molecule has 4 rings (SSSR count). The number of thiazole rings is 1. The highest BCUT2D eigenvalue weighted by Gasteiger charge is 2.23. The number of nitrogens with zero attached hydrogens (tertiary/aromatic N) is 4. The molecule has 1 aromatic carbocycles. The Kier molecular flexibility index (Phi) is 4.27. The number of para-hydroxylation sites is 1. The second kappa shape index (κ2) is 6.57. The Labute approximate surface area is 149 Å². The molecule has 0 saturated carbocycles. The molecule has 6 nitrogen and oxygen atoms in total. The van der Waals surface area contributed by atoms with Crippen LogP contribution < -0.4 is 0 Å². The summed E-state index contributed by atoms with van der Waals surface area (Å²) in [6, 6.07) is 9.94. The van der Waals surface area contributed by atoms with Crippen LogP contribution in [0.1, 0.15) is 35.8 Å². The summed E-state index contributed by atoms with van der Waals surface area (Å²) in [5.74, 6) is 0.144. The highest BCUT2D eigenvalue weighted by molar-refractivity contribution is 7.18. The van der Waals surface area contributed by atoms with Gasteiger partial charge in [-0.3, -0.25) is 9.48 Å². The molecule has 1 atom stereocenters. The maximum Gasteiger partial charge on any atom is 0.223 e. The van der Waals surface area contributed by atoms with Crippen molar-refractivity contribution in [3.05, 3.63) is 46.7 Å². The molecule has 0 aliphatic carbocycles. The van der Waals surface area contributed by atoms with Gasteiger partial charge in [-0.25, -0.2) is 4.98 Å². The largest absolute Gasteiger partial charge is 0.387 e. The summed E-state index contributed by atoms with van der Waals surface area (Å²) in [5, 5.41) is 15.0. The van der Waals surface area contributed by atoms with E-state index >= 15 is 0 Å². The number of carbonyl (C=O) groups excluding carboxylic acids is 1. The summed E-state index contributed by atoms with van der Waals surface area (Å²) in [7, 11) is 0. The average Bonchev–Trinajstić information content (AvgIpc) is 3.22. The molecule has 1 aliphatic rings. The number of rotatable bonds is 4. The summed E-state index contributed by atoms with van der Waals surface area (Å²) in [6.07, 6.45) is 0.561. The van der Waals surface area contributed by atoms with Crippen molar-refractivity contribution in [3.63, 3.8) is 0 Å². The van der Waals surface area contributed by atoms with Gasteiger partial charge in [-0.15, -0.1) is 11.3 Å². The molecule has 2 aromatic heterocycles. The third-order valence-electron chi connectivity index (χ3n) is 4.49. The van der Waals surface area contributed by atoms with Crippen LogP contribution in [0.15, 0.2) is 30.3 Å². The SMILES string of the molecule is C[C@@H](O)c1cc2n(n1)CCN(C(=O)CCc1nc3ccccc3s1)C2. The van der Waals surface area contributed by atoms with E-state index in [1.807, 2.05) is 33.8 Å². The summed E-state index contributed by atoms with van der Waals surface area (Å²) in [4.78, 5) is 19.0. The van der Waals surface area contributed by atoms with Crippen molar-refractivity contribution in [2.24, 2.45) is 0 Å². The molecule has 130 valence electrons. The standard InChI is InChI=1S/C18H20N4O2S/c1-12(23)15-10-13-11-21(8-9-22(13)20-15)18(24)7-6-17-19-14-4-2-3-5-16(14)25-17/h2-5,10,12,23H,6-9,11H2,1H3/t12-/m1/s1. The third-order valence-corrected chi connectivity index (χ3v) is 5.58. The zero-order valence-corrected chi connectivity index (χ0v) is 14.9. The number of amides is 1. The molecule has 0 bridgehead atoms. The number of hydrogen-bond acceptors (Lipinski definition) is 5. The van der Waals surface area contributed by atoms with E-state index in [1.165, 1.54) is 0 Å². The molecule has 0 spiro atoms. The van der Waals surface area contributed by atoms with Crippen LogP contribution in [-0.4, -0.2) is 37.2 Å². The predicted octanol–water partition coefficient (Wildman–Crippen LogP) is 2.52. The second-order valence-electron chi connectivity index (χ2n) is 6.35. The van der Waals surface area contributed by atoms with Crippen molar-refractivity contribution < 1.29 is 9.90 Å². The summed E-state index contributed by atoms with van der Waals surface area (Å²) in [5.41, 5.74) is 2.65. The smallest absolute Gasteiger partial charge is 0.223 e. The number of hydrogen-bond donors (Lipinski definition) is 1. The molecule has 7 heteroatoms. The number of aliphatic hydroxyl groups is 1. The highest BCUT2D eigenvalue weighted by atomic mass is 32.1. The fourth-order valence-electron chi connectivity index (χ4n) is 3.10. The van der Waals surface area contributed by atoms with Gasteiger partial charge in [0.2, 0.25) is 5.91 Å². The van der Waals surface area contributed by atoms with Crippen molar-refractivity contribution in [1.82, 2.24) is 19.7 Å². The van der Waals surface area contributed by atoms with Gasteiger partial charge < -0.3 is 10.0 Å². The van der Waals surface area contributed by atoms with Gasteiger partial charge in [-0.05, 0) is 25.1 Å². The number of fused-ring (bicyclic) bond motifs is 2. The van der Waals surface area contributed by atoms with E-state index in [4.69, 9.17) is 0 Å². The first-order valence-electron chi connectivity index (χ1n) is 8.47. The van der Waals surface area contributed by atoms with Gasteiger partial charge >= 0.3 is 0 Å². The normalized spacial score (nSPS) is 15.4. The van der Waals surface area contributed by atoms with Gasteiger partial charge in [0.15, 0.2) is 0 Å². The van der Waals surface area contributed by atoms with Crippen molar-refractivity contribution >= 4 is 27.5 Å². The van der Waals surface area contributed by atoms with Crippen LogP contribution in [0.3, 0.4) is 0 Å². The Hall–Kier alpha value is -2.25. The van der Waals surface area contributed by atoms with Gasteiger partial charge in [-0.1, -0.05) is 12.1 Å². The minimum absolute atomic E-state index is 0.144. The van der Waals surface area contributed by atoms with Gasteiger partial charge in [0, 0.05) is 19.4 Å². The molecule has 1 N–H and O–H groups in total. The average molecular weight is 356 g/mol. The fraction of sp³-hybridized carbons (Fsp3) is 0.389. The van der Waals surface area contributed by atoms with Crippen LogP contribution in [0.5, 0.6) is 0 Å². The summed E-state index contributed by atoms with van der Waals surface area (Å²) >= 11 is 1.66. The maximum absolute atomic E-state index is 12.6. The minimum atomic E-state index is -0.582. The zero-order valence-electron chi connectivity index (χ0n) is 14.1. The van der Waals surface area contributed by atoms with E-state index in [0.29, 0.717) is 38.2 Å². The van der Waals surface area contributed by atoms with E-state index in [2.05, 4.69) is 16.1 Å². The van der Waals surface area contributed by atoms with Crippen LogP contribution >= 0.6 is 11.3 Å². The van der Waals surface area contributed by atoms with Gasteiger partial charge in [-0.2, -0.15) is 5.10 Å². The van der Waals surface area contributed by atoms with Crippen molar-refractivity contribution in [1.29, 1.82) is 0 Å². The van der Waals surface area contributed by atoms with Crippen LogP contribution in [0.2, 0.25) is 0 Å². The van der Waals surface area contributed by atoms with Gasteiger partial charge in [0.25, 0.3) is 0 Å². The Bertz CT molecular complexity index is 882. The lowest BCUT2D eigenvalue weighted by atomic mass is 10.2. The van der Waals surface area contributed by atoms with Crippen LogP contribution in [0.4, 0.5) is 0 Å². The zero-order chi connectivity index (χ0) is 17.4. The van der Waals surface area contributed by atoms with Gasteiger partial charge in [0.1, 0.15) is 0 Å². The lowest BCUT2D eigenvalue weighted by molar-refractivity contribution is -0.132. The molecular weight excluding hydrogens is 336 g/mol. The summed E-state index contributed by atoms with van der Waals surface area (Å²) in [6.45, 7) is 3.59. The van der Waals surface area contributed by atoms with Gasteiger partial charge in [0.05, 0.1) is 45.8 Å². The highest BCUT2D eigenvalue weighted by Crippen LogP contribution is 2.23. The predicted molar refractivity (Wildman–Crippen MR) is 96.2 cm³/mol. The van der Waals surface area contributed by atoms with E-state index in [-0.39, 0.29) is 5.91 Å². The molecule has 0 saturated heterocycles. The molecule has 0 unspecified atom stereocenters. The Balaban J connectivity index is 1.39. The Morgan fingerprint density at radius 1 is 1.36 bits per heavy atom. The lowest BCUT2D eigenvalue weighted by Gasteiger charge is -2.27. The monoisotopic (exact) mass is 356 g/mol. The van der Waals surface area contributed by atoms with Crippen LogP contribution in [0.25, 0.3) is 10.2 Å². The number of aliphatic hydroxyl groups excluding tert-OH is 1. The molecule has 3 heterocycles. The van der Waals surface area contributed by atoms with E-state index in [1.54, 1.807) is 18.3 Å². The fourth-order valence-corrected chi connectivity index (χ4v) is 4.07. The first kappa shape index (κ1) is 16.2. The molecule has 0 fully saturated rings. The Morgan fingerprint density at radius 2 is 2.20 bits per heavy atom. The van der Waals surface area contributed by atoms with Crippen molar-refractivity contribution in [3.8, 4) is 0 Å². The topological polar surface area (TPSA) is 71.2 Å². The number of aryl methyl sites for hydroxylation is 1. The third kappa shape index (κ3) is 3.29. The molecular formula is C18H20N4O2S. The van der Waals surface area contributed by atoms with Crippen LogP contribution in [0, 0.1) is 0 Å². The summed E-state index contributed by atoms with van der Waals surface area (Å²) < 4.78 is 3.05. The quantitative estimate of drug-likeness (QED) is 0.780. The minimum Gasteiger partial charge on any atom is -0.387 e. The van der Waals surface area contributed by atoms with E-state index in [0.717, 1.165) is 20.9 Å². The first-order valence-corrected chi connectivity index (χ1v) is 9.29.